The molecule has 0 aromatic carbocycles. The lowest BCUT2D eigenvalue weighted by Gasteiger charge is -2.37. The van der Waals surface area contributed by atoms with Crippen LogP contribution in [0.5, 0.6) is 0 Å². The summed E-state index contributed by atoms with van der Waals surface area (Å²) in [4.78, 5) is 25.3. The van der Waals surface area contributed by atoms with Crippen molar-refractivity contribution >= 4 is 23.5 Å². The second-order valence-electron chi connectivity index (χ2n) is 6.63. The van der Waals surface area contributed by atoms with Crippen LogP contribution in [0.25, 0.3) is 0 Å². The third-order valence-corrected chi connectivity index (χ3v) is 5.58. The minimum Gasteiger partial charge on any atom is -0.355 e. The van der Waals surface area contributed by atoms with Crippen molar-refractivity contribution in [2.75, 3.05) is 31.3 Å². The standard InChI is InChI=1S/C18H23N7OS/c1-12-9-15(22-24(12)3)17(26)23(2)14-5-7-25(8-6-14)16-13(10-19)11-20-18(21-16)27-4/h9,11,14H,5-8H2,1-4H3. The van der Waals surface area contributed by atoms with Crippen molar-refractivity contribution in [3.05, 3.63) is 29.2 Å². The lowest BCUT2D eigenvalue weighted by Crippen LogP contribution is -2.46. The highest BCUT2D eigenvalue weighted by Gasteiger charge is 2.28. The van der Waals surface area contributed by atoms with Crippen molar-refractivity contribution in [1.82, 2.24) is 24.6 Å². The molecule has 8 nitrogen and oxygen atoms in total. The van der Waals surface area contributed by atoms with Gasteiger partial charge in [0.1, 0.15) is 11.6 Å². The fourth-order valence-electron chi connectivity index (χ4n) is 3.25. The minimum atomic E-state index is -0.0541. The average Bonchev–Trinajstić information content (AvgIpc) is 3.05. The van der Waals surface area contributed by atoms with E-state index in [1.54, 1.807) is 15.8 Å². The van der Waals surface area contributed by atoms with Gasteiger partial charge in [-0.3, -0.25) is 9.48 Å². The van der Waals surface area contributed by atoms with Gasteiger partial charge in [-0.1, -0.05) is 11.8 Å². The van der Waals surface area contributed by atoms with Crippen LogP contribution in [0.2, 0.25) is 0 Å². The van der Waals surface area contributed by atoms with Crippen molar-refractivity contribution < 1.29 is 4.79 Å². The Hall–Kier alpha value is -2.60. The smallest absolute Gasteiger partial charge is 0.274 e. The summed E-state index contributed by atoms with van der Waals surface area (Å²) in [5.74, 6) is 0.631. The fraction of sp³-hybridized carbons (Fsp3) is 0.500. The van der Waals surface area contributed by atoms with Crippen LogP contribution in [-0.2, 0) is 7.05 Å². The van der Waals surface area contributed by atoms with Gasteiger partial charge >= 0.3 is 0 Å². The Labute approximate surface area is 163 Å². The number of piperidine rings is 1. The molecule has 2 aromatic heterocycles. The highest BCUT2D eigenvalue weighted by atomic mass is 32.2. The third-order valence-electron chi connectivity index (χ3n) is 5.01. The SMILES string of the molecule is CSc1ncc(C#N)c(N2CCC(N(C)C(=O)c3cc(C)n(C)n3)CC2)n1. The molecule has 0 aliphatic carbocycles. The lowest BCUT2D eigenvalue weighted by atomic mass is 10.0. The summed E-state index contributed by atoms with van der Waals surface area (Å²) in [6.45, 7) is 3.41. The Kier molecular flexibility index (Phi) is 5.65. The van der Waals surface area contributed by atoms with E-state index in [2.05, 4.69) is 26.0 Å². The highest BCUT2D eigenvalue weighted by Crippen LogP contribution is 2.25. The molecular formula is C18H23N7OS. The van der Waals surface area contributed by atoms with Gasteiger partial charge in [-0.25, -0.2) is 9.97 Å². The number of aryl methyl sites for hydroxylation is 2. The summed E-state index contributed by atoms with van der Waals surface area (Å²) in [6, 6.07) is 4.13. The van der Waals surface area contributed by atoms with Gasteiger partial charge in [0.15, 0.2) is 16.7 Å². The summed E-state index contributed by atoms with van der Waals surface area (Å²) in [5, 5.41) is 14.3. The van der Waals surface area contributed by atoms with E-state index in [-0.39, 0.29) is 11.9 Å². The van der Waals surface area contributed by atoms with Gasteiger partial charge in [0, 0.05) is 38.9 Å². The molecule has 9 heteroatoms. The first-order chi connectivity index (χ1) is 12.9. The molecule has 3 rings (SSSR count). The fourth-order valence-corrected chi connectivity index (χ4v) is 3.59. The van der Waals surface area contributed by atoms with Gasteiger partial charge in [-0.15, -0.1) is 0 Å². The first-order valence-electron chi connectivity index (χ1n) is 8.78. The lowest BCUT2D eigenvalue weighted by molar-refractivity contribution is 0.0702. The Morgan fingerprint density at radius 3 is 2.67 bits per heavy atom. The maximum Gasteiger partial charge on any atom is 0.274 e. The van der Waals surface area contributed by atoms with E-state index in [0.717, 1.165) is 31.6 Å². The second-order valence-corrected chi connectivity index (χ2v) is 7.41. The van der Waals surface area contributed by atoms with Crippen molar-refractivity contribution in [3.8, 4) is 6.07 Å². The maximum absolute atomic E-state index is 12.7. The van der Waals surface area contributed by atoms with Crippen LogP contribution in [0.4, 0.5) is 5.82 Å². The molecule has 3 heterocycles. The number of rotatable bonds is 4. The monoisotopic (exact) mass is 385 g/mol. The van der Waals surface area contributed by atoms with E-state index >= 15 is 0 Å². The van der Waals surface area contributed by atoms with Crippen molar-refractivity contribution in [2.45, 2.75) is 31.0 Å². The van der Waals surface area contributed by atoms with Gasteiger partial charge in [-0.2, -0.15) is 10.4 Å². The maximum atomic E-state index is 12.7. The number of nitriles is 1. The van der Waals surface area contributed by atoms with Gasteiger partial charge in [0.25, 0.3) is 5.91 Å². The number of hydrogen-bond acceptors (Lipinski definition) is 7. The van der Waals surface area contributed by atoms with Crippen molar-refractivity contribution in [1.29, 1.82) is 5.26 Å². The summed E-state index contributed by atoms with van der Waals surface area (Å²) in [5.41, 5.74) is 1.92. The van der Waals surface area contributed by atoms with Crippen LogP contribution in [0, 0.1) is 18.3 Å². The quantitative estimate of drug-likeness (QED) is 0.586. The molecule has 0 unspecified atom stereocenters. The Balaban J connectivity index is 1.68. The summed E-state index contributed by atoms with van der Waals surface area (Å²) < 4.78 is 1.71. The number of aromatic nitrogens is 4. The van der Waals surface area contributed by atoms with E-state index in [4.69, 9.17) is 0 Å². The number of nitrogens with zero attached hydrogens (tertiary/aromatic N) is 7. The first kappa shape index (κ1) is 19.2. The number of amides is 1. The molecule has 1 aliphatic heterocycles. The number of hydrogen-bond donors (Lipinski definition) is 0. The molecule has 0 bridgehead atoms. The van der Waals surface area contributed by atoms with Gasteiger partial charge in [0.05, 0.1) is 6.20 Å². The Morgan fingerprint density at radius 2 is 2.11 bits per heavy atom. The molecule has 1 saturated heterocycles. The van der Waals surface area contributed by atoms with Crippen LogP contribution in [0.3, 0.4) is 0 Å². The molecule has 1 amide bonds. The molecule has 0 radical (unpaired) electrons. The largest absolute Gasteiger partial charge is 0.355 e. The van der Waals surface area contributed by atoms with Crippen LogP contribution in [0.15, 0.2) is 17.4 Å². The van der Waals surface area contributed by atoms with Crippen LogP contribution in [-0.4, -0.2) is 63.0 Å². The number of anilines is 1. The first-order valence-corrected chi connectivity index (χ1v) is 10.0. The van der Waals surface area contributed by atoms with E-state index < -0.39 is 0 Å². The predicted octanol–water partition coefficient (Wildman–Crippen LogP) is 1.85. The molecule has 27 heavy (non-hydrogen) atoms. The Bertz CT molecular complexity index is 861. The Morgan fingerprint density at radius 1 is 1.41 bits per heavy atom. The molecule has 0 saturated carbocycles. The minimum absolute atomic E-state index is 0.0541. The van der Waals surface area contributed by atoms with Gasteiger partial charge in [0.2, 0.25) is 0 Å². The number of carbonyl (C=O) groups is 1. The molecule has 1 fully saturated rings. The van der Waals surface area contributed by atoms with E-state index in [0.29, 0.717) is 22.2 Å². The third kappa shape index (κ3) is 3.90. The van der Waals surface area contributed by atoms with Crippen molar-refractivity contribution in [2.24, 2.45) is 7.05 Å². The molecule has 0 atom stereocenters. The zero-order chi connectivity index (χ0) is 19.6. The molecule has 0 spiro atoms. The van der Waals surface area contributed by atoms with E-state index in [9.17, 15) is 10.1 Å². The predicted molar refractivity (Wildman–Crippen MR) is 104 cm³/mol. The second kappa shape index (κ2) is 7.96. The molecule has 142 valence electrons. The van der Waals surface area contributed by atoms with Gasteiger partial charge < -0.3 is 9.80 Å². The molecular weight excluding hydrogens is 362 g/mol. The topological polar surface area (TPSA) is 90.9 Å². The molecule has 0 N–H and O–H groups in total. The summed E-state index contributed by atoms with van der Waals surface area (Å²) >= 11 is 1.46. The highest BCUT2D eigenvalue weighted by molar-refractivity contribution is 7.98. The average molecular weight is 385 g/mol. The van der Waals surface area contributed by atoms with Crippen LogP contribution in [0.1, 0.15) is 34.6 Å². The summed E-state index contributed by atoms with van der Waals surface area (Å²) in [7, 11) is 3.67. The van der Waals surface area contributed by atoms with E-state index in [1.165, 1.54) is 11.8 Å². The van der Waals surface area contributed by atoms with Gasteiger partial charge in [-0.05, 0) is 32.1 Å². The zero-order valence-electron chi connectivity index (χ0n) is 16.0. The molecule has 2 aromatic rings. The zero-order valence-corrected chi connectivity index (χ0v) is 16.8. The number of carbonyl (C=O) groups excluding carboxylic acids is 1. The van der Waals surface area contributed by atoms with Crippen LogP contribution >= 0.6 is 11.8 Å². The number of thioether (sulfide) groups is 1. The van der Waals surface area contributed by atoms with Crippen molar-refractivity contribution in [3.63, 3.8) is 0 Å². The van der Waals surface area contributed by atoms with Crippen LogP contribution < -0.4 is 4.90 Å². The normalized spacial score (nSPS) is 14.9. The summed E-state index contributed by atoms with van der Waals surface area (Å²) in [6.07, 6.45) is 5.13. The molecule has 1 aliphatic rings. The van der Waals surface area contributed by atoms with E-state index in [1.807, 2.05) is 33.3 Å².